The molecule has 0 saturated carbocycles. The molecule has 0 radical (unpaired) electrons. The standard InChI is InChI=1S/C21H25N5O3/c27-19-7-3-10-24(19)12-4-9-23-20(28)18-15-25-11-2-6-17(25)21(29)26(18)14-16-5-1-8-22-13-16/h1-2,5-6,8,11,13,18H,3-4,7,9-10,12,14-15H2,(H,23,28). The summed E-state index contributed by atoms with van der Waals surface area (Å²) in [4.78, 5) is 45.2. The van der Waals surface area contributed by atoms with Crippen molar-refractivity contribution < 1.29 is 14.4 Å². The van der Waals surface area contributed by atoms with Crippen LogP contribution in [-0.2, 0) is 22.7 Å². The highest BCUT2D eigenvalue weighted by Crippen LogP contribution is 2.21. The molecule has 2 aromatic heterocycles. The van der Waals surface area contributed by atoms with Gasteiger partial charge >= 0.3 is 0 Å². The molecule has 1 saturated heterocycles. The number of nitrogens with zero attached hydrogens (tertiary/aromatic N) is 4. The lowest BCUT2D eigenvalue weighted by Crippen LogP contribution is -2.54. The fourth-order valence-electron chi connectivity index (χ4n) is 3.98. The maximum Gasteiger partial charge on any atom is 0.271 e. The topological polar surface area (TPSA) is 87.5 Å². The Morgan fingerprint density at radius 1 is 1.24 bits per heavy atom. The highest BCUT2D eigenvalue weighted by molar-refractivity contribution is 5.97. The van der Waals surface area contributed by atoms with Gasteiger partial charge in [-0.3, -0.25) is 19.4 Å². The first-order valence-electron chi connectivity index (χ1n) is 10.0. The molecule has 8 heteroatoms. The number of rotatable bonds is 7. The third kappa shape index (κ3) is 4.16. The molecule has 2 aliphatic heterocycles. The van der Waals surface area contributed by atoms with Crippen molar-refractivity contribution in [1.29, 1.82) is 0 Å². The van der Waals surface area contributed by atoms with Crippen LogP contribution in [0.25, 0.3) is 0 Å². The van der Waals surface area contributed by atoms with E-state index in [9.17, 15) is 14.4 Å². The van der Waals surface area contributed by atoms with Crippen molar-refractivity contribution in [3.8, 4) is 0 Å². The monoisotopic (exact) mass is 395 g/mol. The van der Waals surface area contributed by atoms with Crippen LogP contribution < -0.4 is 5.32 Å². The summed E-state index contributed by atoms with van der Waals surface area (Å²) in [6.45, 7) is 2.69. The lowest BCUT2D eigenvalue weighted by molar-refractivity contribution is -0.127. The van der Waals surface area contributed by atoms with Crippen LogP contribution in [0.4, 0.5) is 0 Å². The smallest absolute Gasteiger partial charge is 0.271 e. The van der Waals surface area contributed by atoms with Crippen LogP contribution in [0, 0.1) is 0 Å². The number of carbonyl (C=O) groups excluding carboxylic acids is 3. The molecule has 2 aliphatic rings. The van der Waals surface area contributed by atoms with E-state index in [1.165, 1.54) is 0 Å². The predicted octanol–water partition coefficient (Wildman–Crippen LogP) is 1.04. The first-order valence-corrected chi connectivity index (χ1v) is 10.0. The van der Waals surface area contributed by atoms with E-state index < -0.39 is 6.04 Å². The van der Waals surface area contributed by atoms with Crippen molar-refractivity contribution in [3.05, 3.63) is 54.1 Å². The van der Waals surface area contributed by atoms with Gasteiger partial charge in [0.1, 0.15) is 11.7 Å². The summed E-state index contributed by atoms with van der Waals surface area (Å²) in [5, 5.41) is 2.95. The van der Waals surface area contributed by atoms with Crippen LogP contribution in [0.2, 0.25) is 0 Å². The molecule has 3 amide bonds. The summed E-state index contributed by atoms with van der Waals surface area (Å²) in [5.41, 5.74) is 1.47. The number of hydrogen-bond donors (Lipinski definition) is 1. The number of carbonyl (C=O) groups is 3. The largest absolute Gasteiger partial charge is 0.354 e. The molecular weight excluding hydrogens is 370 g/mol. The Morgan fingerprint density at radius 3 is 2.90 bits per heavy atom. The van der Waals surface area contributed by atoms with Crippen LogP contribution in [0.3, 0.4) is 0 Å². The van der Waals surface area contributed by atoms with Gasteiger partial charge in [0.15, 0.2) is 0 Å². The van der Waals surface area contributed by atoms with Crippen molar-refractivity contribution in [2.45, 2.75) is 38.4 Å². The van der Waals surface area contributed by atoms with Crippen molar-refractivity contribution >= 4 is 17.7 Å². The Balaban J connectivity index is 1.40. The molecule has 1 fully saturated rings. The maximum atomic E-state index is 13.0. The van der Waals surface area contributed by atoms with Crippen LogP contribution in [0.15, 0.2) is 42.9 Å². The van der Waals surface area contributed by atoms with Gasteiger partial charge in [-0.15, -0.1) is 0 Å². The minimum Gasteiger partial charge on any atom is -0.354 e. The number of hydrogen-bond acceptors (Lipinski definition) is 4. The van der Waals surface area contributed by atoms with E-state index in [1.807, 2.05) is 33.9 Å². The molecule has 0 aromatic carbocycles. The number of nitrogens with one attached hydrogen (secondary N) is 1. The summed E-state index contributed by atoms with van der Waals surface area (Å²) in [5.74, 6) is -0.140. The van der Waals surface area contributed by atoms with E-state index in [1.54, 1.807) is 23.4 Å². The molecule has 1 N–H and O–H groups in total. The van der Waals surface area contributed by atoms with Crippen molar-refractivity contribution in [2.24, 2.45) is 0 Å². The highest BCUT2D eigenvalue weighted by Gasteiger charge is 2.36. The molecule has 8 nitrogen and oxygen atoms in total. The molecule has 29 heavy (non-hydrogen) atoms. The number of aromatic nitrogens is 2. The van der Waals surface area contributed by atoms with E-state index in [4.69, 9.17) is 0 Å². The SMILES string of the molecule is O=C(NCCCN1CCCC1=O)C1Cn2cccc2C(=O)N1Cc1cccnc1. The predicted molar refractivity (Wildman–Crippen MR) is 106 cm³/mol. The van der Waals surface area contributed by atoms with Crippen LogP contribution in [-0.4, -0.2) is 62.7 Å². The molecule has 0 spiro atoms. The third-order valence-electron chi connectivity index (χ3n) is 5.51. The van der Waals surface area contributed by atoms with Crippen LogP contribution in [0.1, 0.15) is 35.3 Å². The first kappa shape index (κ1) is 19.2. The molecule has 4 rings (SSSR count). The second-order valence-electron chi connectivity index (χ2n) is 7.48. The van der Waals surface area contributed by atoms with Crippen molar-refractivity contribution in [3.63, 3.8) is 0 Å². The lowest BCUT2D eigenvalue weighted by atomic mass is 10.1. The number of pyridine rings is 1. The van der Waals surface area contributed by atoms with Crippen molar-refractivity contribution in [2.75, 3.05) is 19.6 Å². The lowest BCUT2D eigenvalue weighted by Gasteiger charge is -2.35. The fraction of sp³-hybridized carbons (Fsp3) is 0.429. The minimum atomic E-state index is -0.587. The average molecular weight is 395 g/mol. The number of likely N-dealkylation sites (tertiary alicyclic amines) is 1. The number of amides is 3. The Hall–Kier alpha value is -3.16. The molecule has 4 heterocycles. The normalized spacial score (nSPS) is 18.8. The Morgan fingerprint density at radius 2 is 2.14 bits per heavy atom. The molecule has 2 aromatic rings. The van der Waals surface area contributed by atoms with Gasteiger partial charge in [-0.25, -0.2) is 0 Å². The molecule has 1 unspecified atom stereocenters. The van der Waals surface area contributed by atoms with Gasteiger partial charge < -0.3 is 19.7 Å². The molecular formula is C21H25N5O3. The molecule has 0 aliphatic carbocycles. The van der Waals surface area contributed by atoms with Gasteiger partial charge in [-0.05, 0) is 36.6 Å². The summed E-state index contributed by atoms with van der Waals surface area (Å²) in [7, 11) is 0. The summed E-state index contributed by atoms with van der Waals surface area (Å²) >= 11 is 0. The van der Waals surface area contributed by atoms with Crippen molar-refractivity contribution in [1.82, 2.24) is 24.7 Å². The second-order valence-corrected chi connectivity index (χ2v) is 7.48. The zero-order valence-electron chi connectivity index (χ0n) is 16.3. The van der Waals surface area contributed by atoms with Crippen LogP contribution in [0.5, 0.6) is 0 Å². The highest BCUT2D eigenvalue weighted by atomic mass is 16.2. The zero-order chi connectivity index (χ0) is 20.2. The zero-order valence-corrected chi connectivity index (χ0v) is 16.3. The fourth-order valence-corrected chi connectivity index (χ4v) is 3.98. The van der Waals surface area contributed by atoms with Crippen LogP contribution >= 0.6 is 0 Å². The third-order valence-corrected chi connectivity index (χ3v) is 5.51. The quantitative estimate of drug-likeness (QED) is 0.710. The van der Waals surface area contributed by atoms with E-state index in [0.29, 0.717) is 44.7 Å². The first-order chi connectivity index (χ1) is 14.1. The Kier molecular flexibility index (Phi) is 5.59. The Bertz CT molecular complexity index is 895. The molecule has 1 atom stereocenters. The average Bonchev–Trinajstić information content (AvgIpc) is 3.37. The van der Waals surface area contributed by atoms with Gasteiger partial charge in [0.05, 0.1) is 6.54 Å². The van der Waals surface area contributed by atoms with Gasteiger partial charge in [-0.2, -0.15) is 0 Å². The summed E-state index contributed by atoms with van der Waals surface area (Å²) < 4.78 is 1.83. The van der Waals surface area contributed by atoms with Gasteiger partial charge in [0.2, 0.25) is 11.8 Å². The summed E-state index contributed by atoms with van der Waals surface area (Å²) in [6.07, 6.45) is 7.46. The van der Waals surface area contributed by atoms with E-state index in [-0.39, 0.29) is 17.7 Å². The minimum absolute atomic E-state index is 0.159. The van der Waals surface area contributed by atoms with Gasteiger partial charge in [-0.1, -0.05) is 6.07 Å². The molecule has 152 valence electrons. The van der Waals surface area contributed by atoms with E-state index in [0.717, 1.165) is 18.5 Å². The van der Waals surface area contributed by atoms with Gasteiger partial charge in [0, 0.05) is 51.2 Å². The Labute approximate surface area is 169 Å². The second kappa shape index (κ2) is 8.46. The molecule has 0 bridgehead atoms. The number of fused-ring (bicyclic) bond motifs is 1. The van der Waals surface area contributed by atoms with E-state index in [2.05, 4.69) is 10.3 Å². The maximum absolute atomic E-state index is 13.0. The summed E-state index contributed by atoms with van der Waals surface area (Å²) in [6, 6.07) is 6.73. The van der Waals surface area contributed by atoms with Gasteiger partial charge in [0.25, 0.3) is 5.91 Å². The van der Waals surface area contributed by atoms with E-state index >= 15 is 0 Å².